The number of anilines is 4. The third kappa shape index (κ3) is 24.4. The lowest BCUT2D eigenvalue weighted by Gasteiger charge is -2.35. The number of ether oxygens (including phenoxy) is 3. The lowest BCUT2D eigenvalue weighted by molar-refractivity contribution is -0.128. The van der Waals surface area contributed by atoms with Crippen LogP contribution in [0.2, 0.25) is 0 Å². The number of rotatable bonds is 31. The Bertz CT molecular complexity index is 4290. The summed E-state index contributed by atoms with van der Waals surface area (Å²) in [5, 5.41) is 27.3. The fourth-order valence-corrected chi connectivity index (χ4v) is 13.7. The number of hydrogen-bond donors (Lipinski definition) is 6. The van der Waals surface area contributed by atoms with Crippen LogP contribution in [-0.4, -0.2) is 177 Å². The van der Waals surface area contributed by atoms with Crippen molar-refractivity contribution in [2.24, 2.45) is 41.2 Å². The molecule has 4 heterocycles. The molecule has 0 unspecified atom stereocenters. The molecular formula is C77H101ClF2N10O16S2. The van der Waals surface area contributed by atoms with Crippen molar-refractivity contribution in [2.75, 3.05) is 109 Å². The lowest BCUT2D eigenvalue weighted by atomic mass is 9.88. The highest BCUT2D eigenvalue weighted by Crippen LogP contribution is 2.31. The van der Waals surface area contributed by atoms with Crippen LogP contribution in [0.4, 0.5) is 45.9 Å². The highest BCUT2D eigenvalue weighted by molar-refractivity contribution is 7.99. The summed E-state index contributed by atoms with van der Waals surface area (Å²) in [5.74, 6) is -3.46. The Morgan fingerprint density at radius 1 is 0.565 bits per heavy atom. The molecule has 0 radical (unpaired) electrons. The molecule has 588 valence electrons. The Labute approximate surface area is 641 Å². The van der Waals surface area contributed by atoms with Crippen LogP contribution in [0.1, 0.15) is 121 Å². The average Bonchev–Trinajstić information content (AvgIpc) is 0.768. The molecule has 2 aliphatic rings. The summed E-state index contributed by atoms with van der Waals surface area (Å²) in [5.41, 5.74) is 6.55. The molecule has 26 nitrogen and oxygen atoms in total. The van der Waals surface area contributed by atoms with Crippen molar-refractivity contribution in [3.63, 3.8) is 0 Å². The highest BCUT2D eigenvalue weighted by Gasteiger charge is 2.31. The van der Waals surface area contributed by atoms with E-state index in [9.17, 15) is 63.0 Å². The van der Waals surface area contributed by atoms with E-state index < -0.39 is 81.3 Å². The van der Waals surface area contributed by atoms with Crippen LogP contribution >= 0.6 is 35.9 Å². The van der Waals surface area contributed by atoms with E-state index in [0.29, 0.717) is 103 Å². The number of carbonyl (C=O) groups is 9. The predicted molar refractivity (Wildman–Crippen MR) is 419 cm³/mol. The lowest BCUT2D eigenvalue weighted by Crippen LogP contribution is -2.49. The number of carboxylic acids is 2. The fourth-order valence-electron chi connectivity index (χ4n) is 11.8. The number of aromatic carboxylic acids is 2. The first-order chi connectivity index (χ1) is 50.7. The number of aromatic nitrogens is 2. The van der Waals surface area contributed by atoms with Crippen molar-refractivity contribution in [1.29, 1.82) is 0 Å². The van der Waals surface area contributed by atoms with Crippen LogP contribution < -0.4 is 42.3 Å². The number of pyridine rings is 2. The van der Waals surface area contributed by atoms with Crippen LogP contribution in [-0.2, 0) is 59.7 Å². The van der Waals surface area contributed by atoms with Gasteiger partial charge < -0.3 is 74.8 Å². The van der Waals surface area contributed by atoms with E-state index in [1.54, 1.807) is 126 Å². The van der Waals surface area contributed by atoms with E-state index in [4.69, 9.17) is 19.9 Å². The third-order valence-corrected chi connectivity index (χ3v) is 21.1. The van der Waals surface area contributed by atoms with Crippen molar-refractivity contribution < 1.29 is 76.4 Å². The monoisotopic (exact) mass is 1560 g/mol. The van der Waals surface area contributed by atoms with Gasteiger partial charge in [0.15, 0.2) is 0 Å². The summed E-state index contributed by atoms with van der Waals surface area (Å²) in [6, 6.07) is 19.1. The molecule has 108 heavy (non-hydrogen) atoms. The number of nitrogens with zero attached hydrogens (tertiary/aromatic N) is 6. The van der Waals surface area contributed by atoms with Crippen LogP contribution in [0, 0.1) is 47.1 Å². The van der Waals surface area contributed by atoms with E-state index in [1.165, 1.54) is 34.0 Å². The highest BCUT2D eigenvalue weighted by atomic mass is 35.5. The largest absolute Gasteiger partial charge is 0.477 e. The van der Waals surface area contributed by atoms with Crippen molar-refractivity contribution in [3.8, 4) is 0 Å². The predicted octanol–water partition coefficient (Wildman–Crippen LogP) is 11.6. The van der Waals surface area contributed by atoms with Gasteiger partial charge in [0.2, 0.25) is 22.7 Å². The van der Waals surface area contributed by atoms with Gasteiger partial charge in [0.25, 0.3) is 0 Å². The zero-order valence-corrected chi connectivity index (χ0v) is 65.5. The molecule has 6 aromatic rings. The minimum absolute atomic E-state index is 0. The van der Waals surface area contributed by atoms with E-state index in [2.05, 4.69) is 16.0 Å². The maximum atomic E-state index is 15.3. The third-order valence-electron chi connectivity index (χ3n) is 18.8. The summed E-state index contributed by atoms with van der Waals surface area (Å²) in [6.07, 6.45) is 1.23. The molecule has 5 amide bonds. The number of halogens is 3. The van der Waals surface area contributed by atoms with E-state index in [0.717, 1.165) is 17.7 Å². The minimum Gasteiger partial charge on any atom is -0.477 e. The number of piperazine rings is 2. The maximum absolute atomic E-state index is 15.3. The SMILES string of the molecule is CCn1cc(C(=O)O)c(=O)c2cc(F)c(N3CCN(C(=O)OCc4ccc(NC(=O)[C@H](CSCCN)CC(=O)[C@@H](C)C(C)C)cc4)CC3)cc21.CCn1cc(C(=O)O)c(=O)c2cc(F)c(N3CCN(C(=O)OCc4ccc(NC(=O)[C@H](CSCCNC(=O)OC(C)(C)C)CC(=O)[C@@H](C)C(C)C)cc4)CC3)cc21.Cl. The Hall–Kier alpha value is -9.26. The quantitative estimate of drug-likeness (QED) is 0.0174. The van der Waals surface area contributed by atoms with E-state index in [1.807, 2.05) is 41.5 Å². The number of thioether (sulfide) groups is 2. The number of carboxylic acid groups (broad SMARTS) is 2. The Morgan fingerprint density at radius 3 is 1.27 bits per heavy atom. The number of carbonyl (C=O) groups excluding carboxylic acids is 7. The van der Waals surface area contributed by atoms with Crippen LogP contribution in [0.25, 0.3) is 21.8 Å². The average molecular weight is 1560 g/mol. The number of aryl methyl sites for hydroxylation is 2. The number of amides is 5. The summed E-state index contributed by atoms with van der Waals surface area (Å²) in [4.78, 5) is 145. The normalized spacial score (nSPS) is 14.2. The summed E-state index contributed by atoms with van der Waals surface area (Å²) < 4.78 is 50.1. The number of alkyl carbamates (subject to hydrolysis) is 1. The number of ketones is 2. The van der Waals surface area contributed by atoms with Gasteiger partial charge in [-0.3, -0.25) is 28.8 Å². The van der Waals surface area contributed by atoms with Gasteiger partial charge in [-0.15, -0.1) is 12.4 Å². The van der Waals surface area contributed by atoms with Gasteiger partial charge in [-0.2, -0.15) is 23.5 Å². The van der Waals surface area contributed by atoms with Gasteiger partial charge in [-0.1, -0.05) is 65.8 Å². The number of nitrogens with two attached hydrogens (primary N) is 1. The Kier molecular flexibility index (Phi) is 33.1. The molecule has 2 saturated heterocycles. The zero-order chi connectivity index (χ0) is 78.6. The molecule has 0 bridgehead atoms. The number of fused-ring (bicyclic) bond motifs is 2. The number of benzene rings is 4. The van der Waals surface area contributed by atoms with Crippen LogP contribution in [0.5, 0.6) is 0 Å². The Balaban J connectivity index is 0.000000337. The zero-order valence-electron chi connectivity index (χ0n) is 63.0. The summed E-state index contributed by atoms with van der Waals surface area (Å²) in [7, 11) is 0. The summed E-state index contributed by atoms with van der Waals surface area (Å²) in [6.45, 7) is 24.6. The molecule has 4 aromatic carbocycles. The van der Waals surface area contributed by atoms with Crippen molar-refractivity contribution >= 4 is 134 Å². The number of hydrogen-bond acceptors (Lipinski definition) is 19. The van der Waals surface area contributed by atoms with Gasteiger partial charge in [0.05, 0.1) is 34.2 Å². The van der Waals surface area contributed by atoms with Crippen LogP contribution in [0.15, 0.2) is 94.8 Å². The molecule has 8 rings (SSSR count). The van der Waals surface area contributed by atoms with Crippen molar-refractivity contribution in [1.82, 2.24) is 24.3 Å². The van der Waals surface area contributed by atoms with E-state index >= 15 is 8.78 Å². The summed E-state index contributed by atoms with van der Waals surface area (Å²) >= 11 is 3.02. The van der Waals surface area contributed by atoms with Crippen LogP contribution in [0.3, 0.4) is 0 Å². The fraction of sp³-hybridized carbons (Fsp3) is 0.494. The first kappa shape index (κ1) is 87.6. The molecule has 0 saturated carbocycles. The molecule has 0 aliphatic carbocycles. The second-order valence-electron chi connectivity index (χ2n) is 28.2. The van der Waals surface area contributed by atoms with Gasteiger partial charge in [-0.05, 0) is 106 Å². The Morgan fingerprint density at radius 2 is 0.935 bits per heavy atom. The second-order valence-corrected chi connectivity index (χ2v) is 30.5. The number of Topliss-reactive ketones (excluding diaryl/α,β-unsaturated/α-hetero) is 2. The second kappa shape index (κ2) is 40.8. The molecule has 4 atom stereocenters. The van der Waals surface area contributed by atoms with E-state index in [-0.39, 0.29) is 134 Å². The first-order valence-corrected chi connectivity index (χ1v) is 38.2. The molecule has 2 aliphatic heterocycles. The van der Waals surface area contributed by atoms with Gasteiger partial charge in [0.1, 0.15) is 53.1 Å². The topological polar surface area (TPSA) is 341 Å². The van der Waals surface area contributed by atoms with Gasteiger partial charge in [-0.25, -0.2) is 32.8 Å². The van der Waals surface area contributed by atoms with Gasteiger partial charge >= 0.3 is 30.2 Å². The maximum Gasteiger partial charge on any atom is 0.410 e. The minimum atomic E-state index is -1.38. The molecule has 0 spiro atoms. The molecule has 2 fully saturated rings. The van der Waals surface area contributed by atoms with Crippen molar-refractivity contribution in [3.05, 3.63) is 140 Å². The molecular weight excluding hydrogens is 1460 g/mol. The molecule has 2 aromatic heterocycles. The number of nitrogens with one attached hydrogen (secondary N) is 3. The standard InChI is InChI=1S/C41H54FN5O9S.C36H46FN5O7S.ClH/c1-8-45-22-31(38(51)52)36(49)30-20-32(42)34(21-33(30)45)46-14-16-47(17-15-46)40(54)55-23-27-9-11-29(12-10-27)44-37(50)28(19-35(48)26(4)25(2)3)24-57-18-13-43-39(53)56-41(5,6)7;1-5-40-19-28(35(46)47)33(44)27-17-29(37)31(18-30(27)40)41-11-13-42(14-12-41)36(48)49-20-24-6-8-26(9-7-24)39-34(45)25(21-50-15-10-38)16-32(43)23(4)22(2)3;/h9-12,20-22,25-26,28H,8,13-19,23-24H2,1-7H3,(H,43,53)(H,44,50)(H,51,52);6-9,17-19,22-23,25H,5,10-16,20-21,38H2,1-4H3,(H,39,45)(H,46,47);1H/t26-,28-;23-,25-;/m00./s1. The molecule has 7 N–H and O–H groups in total. The van der Waals surface area contributed by atoms with Crippen molar-refractivity contribution in [2.45, 2.75) is 121 Å². The smallest absolute Gasteiger partial charge is 0.410 e. The molecule has 31 heteroatoms. The first-order valence-electron chi connectivity index (χ1n) is 35.9. The van der Waals surface area contributed by atoms with Gasteiger partial charge in [0, 0.05) is 161 Å².